The van der Waals surface area contributed by atoms with Gasteiger partial charge in [-0.1, -0.05) is 43.7 Å². The van der Waals surface area contributed by atoms with E-state index < -0.39 is 0 Å². The molecule has 0 aliphatic carbocycles. The Morgan fingerprint density at radius 2 is 1.67 bits per heavy atom. The van der Waals surface area contributed by atoms with E-state index >= 15 is 0 Å². The Kier molecular flexibility index (Phi) is 2.77. The first-order valence-corrected chi connectivity index (χ1v) is 5.72. The van der Waals surface area contributed by atoms with Crippen molar-refractivity contribution in [2.75, 3.05) is 0 Å². The monoisotopic (exact) mass is 198 g/mol. The van der Waals surface area contributed by atoms with Gasteiger partial charge in [-0.25, -0.2) is 0 Å². The van der Waals surface area contributed by atoms with Gasteiger partial charge in [-0.3, -0.25) is 0 Å². The van der Waals surface area contributed by atoms with Gasteiger partial charge >= 0.3 is 0 Å². The first-order valence-electron chi connectivity index (χ1n) is 5.72. The first kappa shape index (κ1) is 10.2. The van der Waals surface area contributed by atoms with Crippen molar-refractivity contribution in [3.05, 3.63) is 47.0 Å². The van der Waals surface area contributed by atoms with Crippen LogP contribution in [0.4, 0.5) is 0 Å². The van der Waals surface area contributed by atoms with Crippen LogP contribution in [0, 0.1) is 13.8 Å². The van der Waals surface area contributed by atoms with E-state index in [1.807, 2.05) is 0 Å². The summed E-state index contributed by atoms with van der Waals surface area (Å²) in [5.74, 6) is 0. The SMILES string of the molecule is CCCc1cccc2c(C)ccc(C)c12. The van der Waals surface area contributed by atoms with E-state index in [1.54, 1.807) is 0 Å². The molecule has 0 saturated carbocycles. The van der Waals surface area contributed by atoms with Crippen molar-refractivity contribution in [2.24, 2.45) is 0 Å². The zero-order valence-electron chi connectivity index (χ0n) is 9.80. The van der Waals surface area contributed by atoms with Gasteiger partial charge in [0.25, 0.3) is 0 Å². The van der Waals surface area contributed by atoms with Gasteiger partial charge in [0.2, 0.25) is 0 Å². The summed E-state index contributed by atoms with van der Waals surface area (Å²) >= 11 is 0. The van der Waals surface area contributed by atoms with E-state index in [1.165, 1.54) is 40.3 Å². The summed E-state index contributed by atoms with van der Waals surface area (Å²) in [7, 11) is 0. The Hall–Kier alpha value is -1.30. The normalized spacial score (nSPS) is 10.9. The van der Waals surface area contributed by atoms with Gasteiger partial charge < -0.3 is 0 Å². The third-order valence-electron chi connectivity index (χ3n) is 3.07. The molecule has 0 atom stereocenters. The topological polar surface area (TPSA) is 0 Å². The van der Waals surface area contributed by atoms with Crippen LogP contribution in [0.15, 0.2) is 30.3 Å². The van der Waals surface area contributed by atoms with Gasteiger partial charge in [0.05, 0.1) is 0 Å². The van der Waals surface area contributed by atoms with Crippen LogP contribution in [0.25, 0.3) is 10.8 Å². The molecule has 0 aliphatic heterocycles. The molecule has 0 aromatic heterocycles. The lowest BCUT2D eigenvalue weighted by Crippen LogP contribution is -1.90. The summed E-state index contributed by atoms with van der Waals surface area (Å²) in [4.78, 5) is 0. The lowest BCUT2D eigenvalue weighted by Gasteiger charge is -2.10. The summed E-state index contributed by atoms with van der Waals surface area (Å²) in [6.45, 7) is 6.64. The molecule has 2 aromatic carbocycles. The molecule has 0 nitrogen and oxygen atoms in total. The fourth-order valence-electron chi connectivity index (χ4n) is 2.30. The van der Waals surface area contributed by atoms with Gasteiger partial charge in [0.1, 0.15) is 0 Å². The standard InChI is InChI=1S/C15H18/c1-4-6-13-7-5-8-14-11(2)9-10-12(3)15(13)14/h5,7-10H,4,6H2,1-3H3. The maximum Gasteiger partial charge on any atom is -0.0120 e. The van der Waals surface area contributed by atoms with E-state index in [0.717, 1.165) is 0 Å². The molecule has 0 aliphatic rings. The Bertz CT molecular complexity index is 481. The second-order valence-electron chi connectivity index (χ2n) is 4.29. The molecule has 15 heavy (non-hydrogen) atoms. The van der Waals surface area contributed by atoms with E-state index in [9.17, 15) is 0 Å². The molecule has 2 aromatic rings. The van der Waals surface area contributed by atoms with Crippen LogP contribution in [-0.2, 0) is 6.42 Å². The number of rotatable bonds is 2. The minimum absolute atomic E-state index is 1.18. The molecule has 0 saturated heterocycles. The van der Waals surface area contributed by atoms with Gasteiger partial charge in [-0.05, 0) is 47.7 Å². The third kappa shape index (κ3) is 1.77. The van der Waals surface area contributed by atoms with Crippen LogP contribution in [-0.4, -0.2) is 0 Å². The van der Waals surface area contributed by atoms with Crippen molar-refractivity contribution in [3.63, 3.8) is 0 Å². The van der Waals surface area contributed by atoms with Crippen molar-refractivity contribution in [1.29, 1.82) is 0 Å². The van der Waals surface area contributed by atoms with E-state index in [4.69, 9.17) is 0 Å². The minimum Gasteiger partial charge on any atom is -0.0651 e. The molecule has 0 radical (unpaired) electrons. The third-order valence-corrected chi connectivity index (χ3v) is 3.07. The van der Waals surface area contributed by atoms with Crippen molar-refractivity contribution in [3.8, 4) is 0 Å². The average Bonchev–Trinajstić information content (AvgIpc) is 2.24. The first-order chi connectivity index (χ1) is 7.24. The quantitative estimate of drug-likeness (QED) is 0.670. The Labute approximate surface area is 91.9 Å². The van der Waals surface area contributed by atoms with Gasteiger partial charge in [-0.2, -0.15) is 0 Å². The number of hydrogen-bond acceptors (Lipinski definition) is 0. The van der Waals surface area contributed by atoms with Crippen molar-refractivity contribution in [1.82, 2.24) is 0 Å². The summed E-state index contributed by atoms with van der Waals surface area (Å²) in [6, 6.07) is 11.1. The highest BCUT2D eigenvalue weighted by molar-refractivity contribution is 5.91. The van der Waals surface area contributed by atoms with Crippen LogP contribution in [0.3, 0.4) is 0 Å². The van der Waals surface area contributed by atoms with Crippen LogP contribution in [0.5, 0.6) is 0 Å². The van der Waals surface area contributed by atoms with Gasteiger partial charge in [-0.15, -0.1) is 0 Å². The molecule has 0 unspecified atom stereocenters. The molecule has 78 valence electrons. The van der Waals surface area contributed by atoms with Crippen LogP contribution in [0.2, 0.25) is 0 Å². The fourth-order valence-corrected chi connectivity index (χ4v) is 2.30. The lowest BCUT2D eigenvalue weighted by atomic mass is 9.95. The second-order valence-corrected chi connectivity index (χ2v) is 4.29. The highest BCUT2D eigenvalue weighted by Crippen LogP contribution is 2.26. The summed E-state index contributed by atoms with van der Waals surface area (Å²) < 4.78 is 0. The van der Waals surface area contributed by atoms with E-state index in [-0.39, 0.29) is 0 Å². The predicted octanol–water partition coefficient (Wildman–Crippen LogP) is 4.41. The predicted molar refractivity (Wildman–Crippen MR) is 67.4 cm³/mol. The molecule has 0 heteroatoms. The number of hydrogen-bond donors (Lipinski definition) is 0. The summed E-state index contributed by atoms with van der Waals surface area (Å²) in [6.07, 6.45) is 2.40. The maximum atomic E-state index is 2.26. The van der Waals surface area contributed by atoms with Crippen molar-refractivity contribution in [2.45, 2.75) is 33.6 Å². The molecule has 0 N–H and O–H groups in total. The van der Waals surface area contributed by atoms with Gasteiger partial charge in [0.15, 0.2) is 0 Å². The fraction of sp³-hybridized carbons (Fsp3) is 0.333. The van der Waals surface area contributed by atoms with Crippen LogP contribution < -0.4 is 0 Å². The van der Waals surface area contributed by atoms with Crippen molar-refractivity contribution < 1.29 is 0 Å². The molecular formula is C15H18. The van der Waals surface area contributed by atoms with E-state index in [2.05, 4.69) is 51.1 Å². The molecule has 0 heterocycles. The molecule has 0 fully saturated rings. The minimum atomic E-state index is 1.18. The summed E-state index contributed by atoms with van der Waals surface area (Å²) in [5, 5.41) is 2.89. The smallest absolute Gasteiger partial charge is 0.0120 e. The van der Waals surface area contributed by atoms with Crippen molar-refractivity contribution >= 4 is 10.8 Å². The Morgan fingerprint density at radius 3 is 2.40 bits per heavy atom. The number of benzene rings is 2. The maximum absolute atomic E-state index is 2.26. The average molecular weight is 198 g/mol. The largest absolute Gasteiger partial charge is 0.0651 e. The van der Waals surface area contributed by atoms with Crippen LogP contribution >= 0.6 is 0 Å². The number of aryl methyl sites for hydroxylation is 3. The molecule has 2 rings (SSSR count). The molecular weight excluding hydrogens is 180 g/mol. The summed E-state index contributed by atoms with van der Waals surface area (Å²) in [5.41, 5.74) is 4.28. The van der Waals surface area contributed by atoms with Crippen LogP contribution in [0.1, 0.15) is 30.0 Å². The number of fused-ring (bicyclic) bond motifs is 1. The Morgan fingerprint density at radius 1 is 0.933 bits per heavy atom. The highest BCUT2D eigenvalue weighted by atomic mass is 14.1. The zero-order chi connectivity index (χ0) is 10.8. The lowest BCUT2D eigenvalue weighted by molar-refractivity contribution is 0.929. The molecule has 0 bridgehead atoms. The molecule has 0 amide bonds. The van der Waals surface area contributed by atoms with E-state index in [0.29, 0.717) is 0 Å². The molecule has 0 spiro atoms. The highest BCUT2D eigenvalue weighted by Gasteiger charge is 2.04. The Balaban J connectivity index is 2.78. The second kappa shape index (κ2) is 4.06. The van der Waals surface area contributed by atoms with Gasteiger partial charge in [0, 0.05) is 0 Å². The zero-order valence-corrected chi connectivity index (χ0v) is 9.80.